The fraction of sp³-hybridized carbons (Fsp3) is 0.171. The number of benzene rings is 5. The molecule has 1 aliphatic carbocycles. The molecule has 1 radical (unpaired) electrons. The van der Waals surface area contributed by atoms with Gasteiger partial charge in [0.05, 0.1) is 0 Å². The molecule has 0 spiro atoms. The Balaban J connectivity index is 0.000000152. The molecule has 3 heteroatoms. The maximum absolute atomic E-state index is 4.69. The van der Waals surface area contributed by atoms with Crippen LogP contribution in [0.15, 0.2) is 116 Å². The van der Waals surface area contributed by atoms with Crippen LogP contribution in [0.4, 0.5) is 0 Å². The van der Waals surface area contributed by atoms with E-state index in [0.717, 1.165) is 22.2 Å². The zero-order chi connectivity index (χ0) is 29.8. The van der Waals surface area contributed by atoms with Gasteiger partial charge in [-0.15, -0.1) is 65.0 Å². The maximum atomic E-state index is 4.69. The van der Waals surface area contributed by atoms with Crippen molar-refractivity contribution in [2.24, 2.45) is 0 Å². The summed E-state index contributed by atoms with van der Waals surface area (Å²) in [7, 11) is 0. The third-order valence-corrected chi connectivity index (χ3v) is 8.81. The monoisotopic (exact) mass is 747 g/mol. The Kier molecular flexibility index (Phi) is 7.74. The molecule has 1 aliphatic rings. The maximum Gasteiger partial charge on any atom is 0.0164 e. The molecular weight excluding hydrogens is 713 g/mol. The van der Waals surface area contributed by atoms with Crippen molar-refractivity contribution in [1.82, 2.24) is 9.97 Å². The Bertz CT molecular complexity index is 2060. The molecule has 44 heavy (non-hydrogen) atoms. The summed E-state index contributed by atoms with van der Waals surface area (Å²) in [6.07, 6.45) is 3.83. The van der Waals surface area contributed by atoms with Crippen LogP contribution in [0.3, 0.4) is 0 Å². The SMILES string of the molecule is CC(C)(C)c1ccnc(-c2[c-]ccc(-c3ccccc3)c2)c1.CC1(C)c2cccc3c4ccc[c-]c4c4nccc1c4c23.[Ir]. The van der Waals surface area contributed by atoms with Crippen LogP contribution in [0.5, 0.6) is 0 Å². The normalized spacial score (nSPS) is 13.1. The van der Waals surface area contributed by atoms with E-state index < -0.39 is 0 Å². The molecular formula is C41H34IrN2-2. The van der Waals surface area contributed by atoms with Crippen LogP contribution in [0.25, 0.3) is 54.8 Å². The van der Waals surface area contributed by atoms with E-state index in [1.807, 2.05) is 30.6 Å². The quantitative estimate of drug-likeness (QED) is 0.130. The molecule has 2 aromatic heterocycles. The van der Waals surface area contributed by atoms with Gasteiger partial charge in [0.1, 0.15) is 0 Å². The van der Waals surface area contributed by atoms with Crippen LogP contribution in [0.1, 0.15) is 51.3 Å². The smallest absolute Gasteiger partial charge is 0.0164 e. The van der Waals surface area contributed by atoms with E-state index in [1.165, 1.54) is 49.4 Å². The first kappa shape index (κ1) is 29.9. The Morgan fingerprint density at radius 3 is 2.18 bits per heavy atom. The van der Waals surface area contributed by atoms with Gasteiger partial charge in [0.15, 0.2) is 0 Å². The fourth-order valence-electron chi connectivity index (χ4n) is 6.46. The van der Waals surface area contributed by atoms with Crippen molar-refractivity contribution in [2.45, 2.75) is 45.4 Å². The summed E-state index contributed by atoms with van der Waals surface area (Å²) in [5.74, 6) is 0. The van der Waals surface area contributed by atoms with E-state index in [2.05, 4.69) is 142 Å². The van der Waals surface area contributed by atoms with Crippen molar-refractivity contribution in [3.05, 3.63) is 144 Å². The molecule has 0 bridgehead atoms. The second kappa shape index (κ2) is 11.4. The Morgan fingerprint density at radius 2 is 1.39 bits per heavy atom. The van der Waals surface area contributed by atoms with Crippen LogP contribution >= 0.6 is 0 Å². The van der Waals surface area contributed by atoms with E-state index in [-0.39, 0.29) is 30.9 Å². The van der Waals surface area contributed by atoms with Gasteiger partial charge in [-0.25, -0.2) is 0 Å². The van der Waals surface area contributed by atoms with Crippen molar-refractivity contribution in [3.63, 3.8) is 0 Å². The van der Waals surface area contributed by atoms with Crippen LogP contribution in [0.2, 0.25) is 0 Å². The Morgan fingerprint density at radius 1 is 0.636 bits per heavy atom. The first-order valence-corrected chi connectivity index (χ1v) is 14.9. The number of hydrogen-bond acceptors (Lipinski definition) is 2. The predicted molar refractivity (Wildman–Crippen MR) is 180 cm³/mol. The van der Waals surface area contributed by atoms with Gasteiger partial charge in [-0.2, -0.15) is 0 Å². The molecule has 0 amide bonds. The Hall–Kier alpha value is -4.17. The van der Waals surface area contributed by atoms with Gasteiger partial charge in [-0.1, -0.05) is 100.0 Å². The second-order valence-corrected chi connectivity index (χ2v) is 12.9. The fourth-order valence-corrected chi connectivity index (χ4v) is 6.46. The van der Waals surface area contributed by atoms with Gasteiger partial charge < -0.3 is 9.97 Å². The standard InChI is InChI=1S/C21H20N.C20H14N.Ir/c1-21(2,3)19-12-13-22-20(15-19)18-11-7-10-17(14-18)16-8-5-4-6-9-16;1-20(2)15-9-5-8-13-12-6-3-4-7-14(12)19-18(17(13)15)16(20)10-11-21-19;/h4-10,12-15H,1-3H3;3-6,8-11H,1-2H3;/q2*-1;. The van der Waals surface area contributed by atoms with Gasteiger partial charge in [0.2, 0.25) is 0 Å². The van der Waals surface area contributed by atoms with Gasteiger partial charge >= 0.3 is 0 Å². The predicted octanol–water partition coefficient (Wildman–Crippen LogP) is 10.5. The number of fused-ring (bicyclic) bond motifs is 3. The molecule has 0 unspecified atom stereocenters. The molecule has 0 N–H and O–H groups in total. The summed E-state index contributed by atoms with van der Waals surface area (Å²) < 4.78 is 0. The number of nitrogens with zero attached hydrogens (tertiary/aromatic N) is 2. The Labute approximate surface area is 273 Å². The summed E-state index contributed by atoms with van der Waals surface area (Å²) in [5.41, 5.74) is 9.76. The number of aromatic nitrogens is 2. The molecule has 219 valence electrons. The summed E-state index contributed by atoms with van der Waals surface area (Å²) in [6.45, 7) is 11.3. The minimum absolute atomic E-state index is 0. The molecule has 8 rings (SSSR count). The van der Waals surface area contributed by atoms with Crippen LogP contribution in [0, 0.1) is 12.1 Å². The van der Waals surface area contributed by atoms with Crippen molar-refractivity contribution in [1.29, 1.82) is 0 Å². The van der Waals surface area contributed by atoms with E-state index in [0.29, 0.717) is 0 Å². The third kappa shape index (κ3) is 5.05. The molecule has 0 saturated carbocycles. The van der Waals surface area contributed by atoms with Crippen molar-refractivity contribution in [2.75, 3.05) is 0 Å². The average molecular weight is 747 g/mol. The topological polar surface area (TPSA) is 25.8 Å². The molecule has 2 nitrogen and oxygen atoms in total. The number of hydrogen-bond donors (Lipinski definition) is 0. The summed E-state index contributed by atoms with van der Waals surface area (Å²) >= 11 is 0. The molecule has 0 saturated heterocycles. The molecule has 7 aromatic rings. The minimum atomic E-state index is 0. The zero-order valence-corrected chi connectivity index (χ0v) is 28.1. The van der Waals surface area contributed by atoms with E-state index in [9.17, 15) is 0 Å². The van der Waals surface area contributed by atoms with Gasteiger partial charge in [-0.05, 0) is 61.8 Å². The largest absolute Gasteiger partial charge is 0.305 e. The van der Waals surface area contributed by atoms with E-state index in [4.69, 9.17) is 0 Å². The molecule has 2 heterocycles. The van der Waals surface area contributed by atoms with Gasteiger partial charge in [0, 0.05) is 37.9 Å². The number of pyridine rings is 2. The van der Waals surface area contributed by atoms with Crippen molar-refractivity contribution >= 4 is 32.4 Å². The van der Waals surface area contributed by atoms with E-state index >= 15 is 0 Å². The van der Waals surface area contributed by atoms with Crippen LogP contribution < -0.4 is 0 Å². The summed E-state index contributed by atoms with van der Waals surface area (Å²) in [6, 6.07) is 42.7. The molecule has 0 atom stereocenters. The van der Waals surface area contributed by atoms with Gasteiger partial charge in [0.25, 0.3) is 0 Å². The number of rotatable bonds is 2. The first-order valence-electron chi connectivity index (χ1n) is 14.9. The second-order valence-electron chi connectivity index (χ2n) is 12.9. The molecule has 0 aliphatic heterocycles. The summed E-state index contributed by atoms with van der Waals surface area (Å²) in [4.78, 5) is 9.21. The zero-order valence-electron chi connectivity index (χ0n) is 25.7. The van der Waals surface area contributed by atoms with Crippen LogP contribution in [-0.4, -0.2) is 9.97 Å². The van der Waals surface area contributed by atoms with Crippen molar-refractivity contribution < 1.29 is 20.1 Å². The minimum Gasteiger partial charge on any atom is -0.305 e. The van der Waals surface area contributed by atoms with Crippen LogP contribution in [-0.2, 0) is 30.9 Å². The first-order chi connectivity index (χ1) is 20.7. The third-order valence-electron chi connectivity index (χ3n) is 8.81. The summed E-state index contributed by atoms with van der Waals surface area (Å²) in [5, 5.41) is 6.42. The molecule has 5 aromatic carbocycles. The van der Waals surface area contributed by atoms with Crippen molar-refractivity contribution in [3.8, 4) is 22.4 Å². The molecule has 0 fully saturated rings. The van der Waals surface area contributed by atoms with E-state index in [1.54, 1.807) is 0 Å². The average Bonchev–Trinajstić information content (AvgIpc) is 3.28. The van der Waals surface area contributed by atoms with Gasteiger partial charge in [-0.3, -0.25) is 0 Å².